The highest BCUT2D eigenvalue weighted by atomic mass is 127. The van der Waals surface area contributed by atoms with E-state index in [2.05, 4.69) is 25.6 Å². The summed E-state index contributed by atoms with van der Waals surface area (Å²) in [7, 11) is -1.09. The van der Waals surface area contributed by atoms with E-state index in [-0.39, 0.29) is 53.9 Å². The zero-order valence-electron chi connectivity index (χ0n) is 18.4. The van der Waals surface area contributed by atoms with Crippen LogP contribution in [0.3, 0.4) is 0 Å². The Morgan fingerprint density at radius 3 is 2.72 bits per heavy atom. The van der Waals surface area contributed by atoms with Gasteiger partial charge in [0.2, 0.25) is 5.91 Å². The molecule has 1 aromatic heterocycles. The monoisotopic (exact) mass is 574 g/mol. The number of halogens is 1. The molecule has 0 saturated carbocycles. The van der Waals surface area contributed by atoms with Gasteiger partial charge in [-0.1, -0.05) is 30.3 Å². The molecule has 0 spiro atoms. The molecule has 2 aromatic rings. The number of hydrogen-bond donors (Lipinski definition) is 3. The van der Waals surface area contributed by atoms with Gasteiger partial charge in [-0.3, -0.25) is 9.79 Å². The predicted octanol–water partition coefficient (Wildman–Crippen LogP) is 1.79. The number of H-pyrrole nitrogens is 1. The first kappa shape index (κ1) is 26.1. The molecule has 1 amide bonds. The fourth-order valence-corrected chi connectivity index (χ4v) is 5.12. The number of hydrogen-bond acceptors (Lipinski definition) is 5. The van der Waals surface area contributed by atoms with Crippen LogP contribution in [-0.4, -0.2) is 72.8 Å². The van der Waals surface area contributed by atoms with Crippen LogP contribution in [0.15, 0.2) is 41.5 Å². The molecular weight excluding hydrogens is 543 g/mol. The molecule has 0 bridgehead atoms. The molecule has 1 fully saturated rings. The Morgan fingerprint density at radius 1 is 1.31 bits per heavy atom. The third kappa shape index (κ3) is 7.76. The number of nitrogens with zero attached hydrogens (tertiary/aromatic N) is 3. The summed E-state index contributed by atoms with van der Waals surface area (Å²) in [6.07, 6.45) is 2.51. The predicted molar refractivity (Wildman–Crippen MR) is 137 cm³/mol. The summed E-state index contributed by atoms with van der Waals surface area (Å²) in [5.41, 5.74) is 2.03. The number of imidazole rings is 1. The minimum atomic E-state index is -3.01. The summed E-state index contributed by atoms with van der Waals surface area (Å²) < 4.78 is 23.0. The van der Waals surface area contributed by atoms with Gasteiger partial charge in [-0.05, 0) is 18.9 Å². The van der Waals surface area contributed by atoms with Crippen molar-refractivity contribution in [1.82, 2.24) is 25.5 Å². The topological polar surface area (TPSA) is 120 Å². The Labute approximate surface area is 206 Å². The lowest BCUT2D eigenvalue weighted by molar-refractivity contribution is -0.121. The van der Waals surface area contributed by atoms with Crippen molar-refractivity contribution in [3.05, 3.63) is 42.4 Å². The van der Waals surface area contributed by atoms with Crippen molar-refractivity contribution in [3.8, 4) is 11.3 Å². The maximum atomic E-state index is 12.1. The Morgan fingerprint density at radius 2 is 2.06 bits per heavy atom. The fourth-order valence-electron chi connectivity index (χ4n) is 3.45. The summed E-state index contributed by atoms with van der Waals surface area (Å²) >= 11 is 0. The Kier molecular flexibility index (Phi) is 9.94. The number of benzene rings is 1. The zero-order chi connectivity index (χ0) is 22.3. The van der Waals surface area contributed by atoms with Gasteiger partial charge in [-0.25, -0.2) is 13.4 Å². The first-order chi connectivity index (χ1) is 14.9. The fraction of sp³-hybridized carbons (Fsp3) is 0.476. The van der Waals surface area contributed by atoms with Crippen molar-refractivity contribution in [1.29, 1.82) is 0 Å². The van der Waals surface area contributed by atoms with Gasteiger partial charge >= 0.3 is 0 Å². The minimum absolute atomic E-state index is 0. The SMILES string of the molecule is CCNC(=NCCC(=O)NC1CCS(=O)(=O)C1)N(C)Cc1ncc(-c2ccccc2)[nH]1.I. The van der Waals surface area contributed by atoms with Gasteiger partial charge in [-0.15, -0.1) is 24.0 Å². The maximum absolute atomic E-state index is 12.1. The standard InChI is InChI=1S/C21H30N6O3S.HI/c1-3-22-21(23-11-9-20(28)25-17-10-12-31(29,30)15-17)27(2)14-19-24-13-18(26-19)16-7-5-4-6-8-16;/h4-8,13,17H,3,9-12,14-15H2,1-2H3,(H,22,23)(H,24,26)(H,25,28);1H. The second-order valence-electron chi connectivity index (χ2n) is 7.62. The smallest absolute Gasteiger partial charge is 0.222 e. The highest BCUT2D eigenvalue weighted by molar-refractivity contribution is 14.0. The van der Waals surface area contributed by atoms with Gasteiger partial charge in [-0.2, -0.15) is 0 Å². The average Bonchev–Trinajstić information content (AvgIpc) is 3.33. The van der Waals surface area contributed by atoms with Crippen LogP contribution in [0.25, 0.3) is 11.3 Å². The molecular formula is C21H31IN6O3S. The number of sulfone groups is 1. The van der Waals surface area contributed by atoms with Crippen molar-refractivity contribution >= 4 is 45.7 Å². The van der Waals surface area contributed by atoms with Crippen LogP contribution in [0.4, 0.5) is 0 Å². The number of guanidine groups is 1. The second-order valence-corrected chi connectivity index (χ2v) is 9.85. The van der Waals surface area contributed by atoms with Gasteiger partial charge in [0.1, 0.15) is 5.82 Å². The minimum Gasteiger partial charge on any atom is -0.357 e. The first-order valence-electron chi connectivity index (χ1n) is 10.4. The van der Waals surface area contributed by atoms with Gasteiger partial charge in [0.25, 0.3) is 0 Å². The summed E-state index contributed by atoms with van der Waals surface area (Å²) in [6, 6.07) is 9.72. The third-order valence-corrected chi connectivity index (χ3v) is 6.76. The van der Waals surface area contributed by atoms with E-state index in [0.717, 1.165) is 17.1 Å². The molecule has 0 aliphatic carbocycles. The lowest BCUT2D eigenvalue weighted by Gasteiger charge is -2.21. The molecule has 1 atom stereocenters. The molecule has 32 heavy (non-hydrogen) atoms. The number of carbonyl (C=O) groups is 1. The number of amides is 1. The molecule has 11 heteroatoms. The van der Waals surface area contributed by atoms with Gasteiger partial charge in [0, 0.05) is 26.1 Å². The van der Waals surface area contributed by atoms with Gasteiger partial charge in [0.15, 0.2) is 15.8 Å². The Balaban J connectivity index is 0.00000363. The normalized spacial score (nSPS) is 17.4. The highest BCUT2D eigenvalue weighted by Gasteiger charge is 2.28. The highest BCUT2D eigenvalue weighted by Crippen LogP contribution is 2.16. The first-order valence-corrected chi connectivity index (χ1v) is 12.3. The van der Waals surface area contributed by atoms with E-state index in [1.54, 1.807) is 0 Å². The summed E-state index contributed by atoms with van der Waals surface area (Å²) in [4.78, 5) is 26.4. The summed E-state index contributed by atoms with van der Waals surface area (Å²) in [5.74, 6) is 1.48. The molecule has 1 aliphatic rings. The van der Waals surface area contributed by atoms with Crippen LogP contribution in [0.5, 0.6) is 0 Å². The van der Waals surface area contributed by atoms with Crippen molar-refractivity contribution in [3.63, 3.8) is 0 Å². The van der Waals surface area contributed by atoms with Crippen LogP contribution in [0.2, 0.25) is 0 Å². The molecule has 1 unspecified atom stereocenters. The molecule has 3 N–H and O–H groups in total. The second kappa shape index (κ2) is 12.2. The van der Waals surface area contributed by atoms with Crippen LogP contribution in [0.1, 0.15) is 25.6 Å². The summed E-state index contributed by atoms with van der Waals surface area (Å²) in [6.45, 7) is 3.52. The number of aromatic amines is 1. The zero-order valence-corrected chi connectivity index (χ0v) is 21.5. The van der Waals surface area contributed by atoms with E-state index < -0.39 is 9.84 Å². The summed E-state index contributed by atoms with van der Waals surface area (Å²) in [5, 5.41) is 6.01. The number of nitrogens with one attached hydrogen (secondary N) is 3. The van der Waals surface area contributed by atoms with Gasteiger partial charge in [0.05, 0.1) is 36.5 Å². The molecule has 1 aromatic carbocycles. The van der Waals surface area contributed by atoms with Gasteiger partial charge < -0.3 is 20.5 Å². The maximum Gasteiger partial charge on any atom is 0.222 e. The Bertz CT molecular complexity index is 1010. The van der Waals surface area contributed by atoms with E-state index in [0.29, 0.717) is 32.0 Å². The van der Waals surface area contributed by atoms with E-state index in [1.165, 1.54) is 0 Å². The number of aromatic nitrogens is 2. The average molecular weight is 574 g/mol. The number of carbonyl (C=O) groups excluding carboxylic acids is 1. The molecule has 1 aliphatic heterocycles. The van der Waals surface area contributed by atoms with Crippen molar-refractivity contribution in [2.75, 3.05) is 31.6 Å². The van der Waals surface area contributed by atoms with E-state index in [1.807, 2.05) is 55.4 Å². The van der Waals surface area contributed by atoms with Crippen molar-refractivity contribution in [2.45, 2.75) is 32.4 Å². The lowest BCUT2D eigenvalue weighted by Crippen LogP contribution is -2.39. The molecule has 3 rings (SSSR count). The van der Waals surface area contributed by atoms with Crippen LogP contribution >= 0.6 is 24.0 Å². The van der Waals surface area contributed by atoms with E-state index >= 15 is 0 Å². The molecule has 176 valence electrons. The van der Waals surface area contributed by atoms with Crippen molar-refractivity contribution in [2.24, 2.45) is 4.99 Å². The lowest BCUT2D eigenvalue weighted by atomic mass is 10.2. The molecule has 9 nitrogen and oxygen atoms in total. The van der Waals surface area contributed by atoms with E-state index in [4.69, 9.17) is 0 Å². The largest absolute Gasteiger partial charge is 0.357 e. The quantitative estimate of drug-likeness (QED) is 0.251. The number of aliphatic imine (C=N–C) groups is 1. The number of rotatable bonds is 8. The Hall–Kier alpha value is -2.15. The van der Waals surface area contributed by atoms with Crippen LogP contribution < -0.4 is 10.6 Å². The molecule has 0 radical (unpaired) electrons. The van der Waals surface area contributed by atoms with Crippen molar-refractivity contribution < 1.29 is 13.2 Å². The van der Waals surface area contributed by atoms with Crippen LogP contribution in [-0.2, 0) is 21.2 Å². The van der Waals surface area contributed by atoms with Crippen LogP contribution in [0, 0.1) is 0 Å². The third-order valence-electron chi connectivity index (χ3n) is 4.99. The molecule has 1 saturated heterocycles. The van der Waals surface area contributed by atoms with E-state index in [9.17, 15) is 13.2 Å². The molecule has 2 heterocycles.